The molecule has 0 saturated carbocycles. The van der Waals surface area contributed by atoms with Crippen molar-refractivity contribution in [3.8, 4) is 0 Å². The SMILES string of the molecule is CC1c2cc(F)ccc2CCN1CC(=O)Nc1ccc(S(=O)(=O)N(C)C(C)C)cc1. The molecule has 1 aliphatic heterocycles. The van der Waals surface area contributed by atoms with Gasteiger partial charge in [-0.15, -0.1) is 0 Å². The van der Waals surface area contributed by atoms with Gasteiger partial charge in [-0.05, 0) is 74.7 Å². The lowest BCUT2D eigenvalue weighted by Gasteiger charge is -2.34. The van der Waals surface area contributed by atoms with Gasteiger partial charge in [-0.2, -0.15) is 4.31 Å². The minimum atomic E-state index is -3.56. The van der Waals surface area contributed by atoms with Crippen LogP contribution in [0.4, 0.5) is 10.1 Å². The second-order valence-electron chi connectivity index (χ2n) is 7.93. The van der Waals surface area contributed by atoms with Gasteiger partial charge in [0, 0.05) is 31.4 Å². The highest BCUT2D eigenvalue weighted by Crippen LogP contribution is 2.29. The molecule has 2 aromatic carbocycles. The Morgan fingerprint density at radius 3 is 2.53 bits per heavy atom. The molecule has 1 heterocycles. The number of carbonyl (C=O) groups is 1. The molecule has 0 aliphatic carbocycles. The summed E-state index contributed by atoms with van der Waals surface area (Å²) in [5, 5.41) is 2.81. The summed E-state index contributed by atoms with van der Waals surface area (Å²) in [6.45, 7) is 6.47. The Labute approximate surface area is 177 Å². The van der Waals surface area contributed by atoms with Crippen LogP contribution < -0.4 is 5.32 Å². The van der Waals surface area contributed by atoms with Crippen molar-refractivity contribution in [3.63, 3.8) is 0 Å². The molecule has 1 amide bonds. The zero-order valence-corrected chi connectivity index (χ0v) is 18.5. The van der Waals surface area contributed by atoms with Crippen LogP contribution in [0.15, 0.2) is 47.4 Å². The summed E-state index contributed by atoms with van der Waals surface area (Å²) < 4.78 is 40.0. The first-order valence-corrected chi connectivity index (χ1v) is 11.4. The van der Waals surface area contributed by atoms with E-state index in [-0.39, 0.29) is 35.2 Å². The van der Waals surface area contributed by atoms with E-state index in [9.17, 15) is 17.6 Å². The lowest BCUT2D eigenvalue weighted by Crippen LogP contribution is -2.39. The maximum Gasteiger partial charge on any atom is 0.243 e. The number of carbonyl (C=O) groups excluding carboxylic acids is 1. The van der Waals surface area contributed by atoms with Crippen molar-refractivity contribution >= 4 is 21.6 Å². The maximum absolute atomic E-state index is 13.6. The van der Waals surface area contributed by atoms with Gasteiger partial charge in [-0.3, -0.25) is 9.69 Å². The Hall–Kier alpha value is -2.29. The number of amides is 1. The van der Waals surface area contributed by atoms with E-state index in [1.807, 2.05) is 17.9 Å². The molecule has 0 saturated heterocycles. The molecule has 1 aliphatic rings. The molecule has 8 heteroatoms. The van der Waals surface area contributed by atoms with Crippen molar-refractivity contribution in [1.82, 2.24) is 9.21 Å². The largest absolute Gasteiger partial charge is 0.325 e. The quantitative estimate of drug-likeness (QED) is 0.758. The molecule has 1 atom stereocenters. The average Bonchev–Trinajstić information content (AvgIpc) is 2.70. The van der Waals surface area contributed by atoms with Crippen LogP contribution in [0.5, 0.6) is 0 Å². The number of sulfonamides is 1. The summed E-state index contributed by atoms with van der Waals surface area (Å²) in [5.74, 6) is -0.471. The topological polar surface area (TPSA) is 69.7 Å². The summed E-state index contributed by atoms with van der Waals surface area (Å²) in [6.07, 6.45) is 0.767. The van der Waals surface area contributed by atoms with Crippen LogP contribution in [0.2, 0.25) is 0 Å². The molecular formula is C22H28FN3O3S. The van der Waals surface area contributed by atoms with Gasteiger partial charge in [0.2, 0.25) is 15.9 Å². The highest BCUT2D eigenvalue weighted by Gasteiger charge is 2.26. The normalized spacial score (nSPS) is 17.2. The van der Waals surface area contributed by atoms with Crippen LogP contribution in [0.25, 0.3) is 0 Å². The van der Waals surface area contributed by atoms with Crippen molar-refractivity contribution in [2.75, 3.05) is 25.5 Å². The number of halogens is 1. The van der Waals surface area contributed by atoms with Gasteiger partial charge in [0.1, 0.15) is 5.82 Å². The zero-order valence-electron chi connectivity index (χ0n) is 17.7. The third-order valence-corrected chi connectivity index (χ3v) is 7.71. The highest BCUT2D eigenvalue weighted by atomic mass is 32.2. The summed E-state index contributed by atoms with van der Waals surface area (Å²) >= 11 is 0. The van der Waals surface area contributed by atoms with E-state index in [4.69, 9.17) is 0 Å². The molecule has 1 unspecified atom stereocenters. The zero-order chi connectivity index (χ0) is 22.1. The first kappa shape index (κ1) is 22.4. The molecule has 2 aromatic rings. The minimum Gasteiger partial charge on any atom is -0.325 e. The van der Waals surface area contributed by atoms with Crippen molar-refractivity contribution in [2.24, 2.45) is 0 Å². The van der Waals surface area contributed by atoms with E-state index in [1.165, 1.54) is 28.6 Å². The molecule has 30 heavy (non-hydrogen) atoms. The van der Waals surface area contributed by atoms with Crippen molar-refractivity contribution in [3.05, 3.63) is 59.4 Å². The molecule has 6 nitrogen and oxygen atoms in total. The molecule has 3 rings (SSSR count). The van der Waals surface area contributed by atoms with Gasteiger partial charge >= 0.3 is 0 Å². The van der Waals surface area contributed by atoms with Crippen molar-refractivity contribution < 1.29 is 17.6 Å². The van der Waals surface area contributed by atoms with Gasteiger partial charge in [0.05, 0.1) is 11.4 Å². The number of hydrogen-bond acceptors (Lipinski definition) is 4. The lowest BCUT2D eigenvalue weighted by atomic mass is 9.93. The fraction of sp³-hybridized carbons (Fsp3) is 0.409. The molecule has 0 spiro atoms. The second kappa shape index (κ2) is 8.83. The Morgan fingerprint density at radius 2 is 1.90 bits per heavy atom. The smallest absolute Gasteiger partial charge is 0.243 e. The number of rotatable bonds is 6. The second-order valence-corrected chi connectivity index (χ2v) is 9.92. The van der Waals surface area contributed by atoms with Gasteiger partial charge in [0.25, 0.3) is 0 Å². The predicted octanol–water partition coefficient (Wildman–Crippen LogP) is 3.41. The molecule has 0 aromatic heterocycles. The van der Waals surface area contributed by atoms with Gasteiger partial charge in [0.15, 0.2) is 0 Å². The molecule has 0 radical (unpaired) electrons. The summed E-state index contributed by atoms with van der Waals surface area (Å²) in [4.78, 5) is 14.7. The van der Waals surface area contributed by atoms with Gasteiger partial charge < -0.3 is 5.32 Å². The summed E-state index contributed by atoms with van der Waals surface area (Å²) in [6, 6.07) is 10.8. The van der Waals surface area contributed by atoms with Gasteiger partial charge in [-0.1, -0.05) is 6.07 Å². The molecule has 1 N–H and O–H groups in total. The standard InChI is InChI=1S/C22H28FN3O3S/c1-15(2)25(4)30(28,29)20-9-7-19(8-10-20)24-22(27)14-26-12-11-17-5-6-18(23)13-21(17)16(26)3/h5-10,13,15-16H,11-12,14H2,1-4H3,(H,24,27). The lowest BCUT2D eigenvalue weighted by molar-refractivity contribution is -0.117. The Morgan fingerprint density at radius 1 is 1.23 bits per heavy atom. The number of hydrogen-bond donors (Lipinski definition) is 1. The molecular weight excluding hydrogens is 405 g/mol. The number of benzene rings is 2. The predicted molar refractivity (Wildman–Crippen MR) is 115 cm³/mol. The van der Waals surface area contributed by atoms with E-state index in [0.717, 1.165) is 17.5 Å². The molecule has 0 bridgehead atoms. The highest BCUT2D eigenvalue weighted by molar-refractivity contribution is 7.89. The van der Waals surface area contributed by atoms with E-state index in [0.29, 0.717) is 12.2 Å². The number of anilines is 1. The fourth-order valence-electron chi connectivity index (χ4n) is 3.59. The summed E-state index contributed by atoms with van der Waals surface area (Å²) in [5.41, 5.74) is 2.56. The summed E-state index contributed by atoms with van der Waals surface area (Å²) in [7, 11) is -2.02. The van der Waals surface area contributed by atoms with Crippen molar-refractivity contribution in [1.29, 1.82) is 0 Å². The Balaban J connectivity index is 1.64. The van der Waals surface area contributed by atoms with Crippen LogP contribution >= 0.6 is 0 Å². The number of nitrogens with zero attached hydrogens (tertiary/aromatic N) is 2. The fourth-order valence-corrected chi connectivity index (χ4v) is 4.96. The van der Waals surface area contributed by atoms with E-state index in [1.54, 1.807) is 33.0 Å². The maximum atomic E-state index is 13.6. The van der Waals surface area contributed by atoms with Crippen LogP contribution in [0.1, 0.15) is 37.9 Å². The monoisotopic (exact) mass is 433 g/mol. The number of nitrogens with one attached hydrogen (secondary N) is 1. The average molecular weight is 434 g/mol. The van der Waals surface area contributed by atoms with E-state index < -0.39 is 10.0 Å². The first-order chi connectivity index (χ1) is 14.1. The Kier molecular flexibility index (Phi) is 6.59. The third-order valence-electron chi connectivity index (χ3n) is 5.66. The minimum absolute atomic E-state index is 0.0608. The molecule has 0 fully saturated rings. The third kappa shape index (κ3) is 4.71. The van der Waals surface area contributed by atoms with Crippen molar-refractivity contribution in [2.45, 2.75) is 44.2 Å². The van der Waals surface area contributed by atoms with Crippen LogP contribution in [-0.4, -0.2) is 49.7 Å². The van der Waals surface area contributed by atoms with E-state index >= 15 is 0 Å². The van der Waals surface area contributed by atoms with Gasteiger partial charge in [-0.25, -0.2) is 12.8 Å². The van der Waals surface area contributed by atoms with Crippen LogP contribution in [0, 0.1) is 5.82 Å². The molecule has 162 valence electrons. The number of fused-ring (bicyclic) bond motifs is 1. The van der Waals surface area contributed by atoms with Crippen LogP contribution in [-0.2, 0) is 21.2 Å². The first-order valence-electron chi connectivity index (χ1n) is 10.00. The van der Waals surface area contributed by atoms with Crippen LogP contribution in [0.3, 0.4) is 0 Å². The Bertz CT molecular complexity index is 1020. The van der Waals surface area contributed by atoms with E-state index in [2.05, 4.69) is 5.32 Å².